The zero-order valence-electron chi connectivity index (χ0n) is 11.9. The molecule has 0 bridgehead atoms. The van der Waals surface area contributed by atoms with Gasteiger partial charge in [0, 0.05) is 17.7 Å². The molecule has 0 heterocycles. The van der Waals surface area contributed by atoms with Gasteiger partial charge in [0.15, 0.2) is 0 Å². The molecular formula is C15H19N3O3. The fourth-order valence-electron chi connectivity index (χ4n) is 1.56. The van der Waals surface area contributed by atoms with Gasteiger partial charge in [-0.2, -0.15) is 0 Å². The van der Waals surface area contributed by atoms with Gasteiger partial charge in [0.25, 0.3) is 5.91 Å². The Balaban J connectivity index is 2.56. The Morgan fingerprint density at radius 2 is 2.14 bits per heavy atom. The molecule has 0 saturated carbocycles. The van der Waals surface area contributed by atoms with Crippen LogP contribution in [0.15, 0.2) is 18.2 Å². The maximum absolute atomic E-state index is 11.9. The van der Waals surface area contributed by atoms with E-state index in [4.69, 9.17) is 16.2 Å². The topological polar surface area (TPSA) is 107 Å². The van der Waals surface area contributed by atoms with Crippen molar-refractivity contribution in [2.75, 3.05) is 26.3 Å². The highest BCUT2D eigenvalue weighted by atomic mass is 16.5. The van der Waals surface area contributed by atoms with Gasteiger partial charge in [0.1, 0.15) is 6.61 Å². The first-order chi connectivity index (χ1) is 10.0. The van der Waals surface area contributed by atoms with Crippen LogP contribution in [-0.4, -0.2) is 38.1 Å². The number of aryl methyl sites for hydroxylation is 1. The normalized spacial score (nSPS) is 9.62. The molecular weight excluding hydrogens is 270 g/mol. The molecule has 6 nitrogen and oxygen atoms in total. The molecule has 21 heavy (non-hydrogen) atoms. The summed E-state index contributed by atoms with van der Waals surface area (Å²) in [6.45, 7) is 2.55. The van der Waals surface area contributed by atoms with Gasteiger partial charge in [-0.3, -0.25) is 9.59 Å². The molecule has 0 atom stereocenters. The van der Waals surface area contributed by atoms with E-state index < -0.39 is 5.91 Å². The first-order valence-corrected chi connectivity index (χ1v) is 6.48. The highest BCUT2D eigenvalue weighted by Gasteiger charge is 2.06. The Morgan fingerprint density at radius 1 is 1.38 bits per heavy atom. The number of benzene rings is 1. The average molecular weight is 289 g/mol. The van der Waals surface area contributed by atoms with Crippen molar-refractivity contribution in [3.8, 4) is 11.8 Å². The SMILES string of the molecule is Cc1ccc(C(=O)NCCOCC(N)=O)cc1C#CCN. The quantitative estimate of drug-likeness (QED) is 0.486. The minimum atomic E-state index is -0.539. The van der Waals surface area contributed by atoms with E-state index in [9.17, 15) is 9.59 Å². The Morgan fingerprint density at radius 3 is 2.81 bits per heavy atom. The molecule has 1 rings (SSSR count). The molecule has 0 aliphatic rings. The number of nitrogens with one attached hydrogen (secondary N) is 1. The second kappa shape index (κ2) is 8.74. The Labute approximate surface area is 123 Å². The molecule has 0 unspecified atom stereocenters. The van der Waals surface area contributed by atoms with Crippen LogP contribution in [0.2, 0.25) is 0 Å². The lowest BCUT2D eigenvalue weighted by atomic mass is 10.0. The third-order valence-electron chi connectivity index (χ3n) is 2.60. The molecule has 1 aromatic carbocycles. The van der Waals surface area contributed by atoms with Crippen molar-refractivity contribution in [2.24, 2.45) is 11.5 Å². The molecule has 5 N–H and O–H groups in total. The molecule has 0 fully saturated rings. The minimum absolute atomic E-state index is 0.154. The van der Waals surface area contributed by atoms with Crippen LogP contribution in [0.1, 0.15) is 21.5 Å². The number of hydrogen-bond donors (Lipinski definition) is 3. The largest absolute Gasteiger partial charge is 0.370 e. The molecule has 6 heteroatoms. The van der Waals surface area contributed by atoms with Gasteiger partial charge in [-0.05, 0) is 24.6 Å². The summed E-state index contributed by atoms with van der Waals surface area (Å²) in [5.41, 5.74) is 12.5. The number of nitrogens with two attached hydrogens (primary N) is 2. The van der Waals surface area contributed by atoms with Crippen molar-refractivity contribution in [1.82, 2.24) is 5.32 Å². The fraction of sp³-hybridized carbons (Fsp3) is 0.333. The Kier molecular flexibility index (Phi) is 6.95. The second-order valence-electron chi connectivity index (χ2n) is 4.31. The molecule has 0 aliphatic heterocycles. The molecule has 0 radical (unpaired) electrons. The van der Waals surface area contributed by atoms with Crippen LogP contribution >= 0.6 is 0 Å². The molecule has 0 aliphatic carbocycles. The van der Waals surface area contributed by atoms with Crippen LogP contribution in [0.25, 0.3) is 0 Å². The number of carbonyl (C=O) groups excluding carboxylic acids is 2. The second-order valence-corrected chi connectivity index (χ2v) is 4.31. The number of rotatable bonds is 6. The predicted octanol–water partition coefficient (Wildman–Crippen LogP) is -0.463. The smallest absolute Gasteiger partial charge is 0.251 e. The van der Waals surface area contributed by atoms with Crippen molar-refractivity contribution < 1.29 is 14.3 Å². The van der Waals surface area contributed by atoms with Gasteiger partial charge < -0.3 is 21.5 Å². The van der Waals surface area contributed by atoms with Crippen molar-refractivity contribution >= 4 is 11.8 Å². The first-order valence-electron chi connectivity index (χ1n) is 6.48. The van der Waals surface area contributed by atoms with Crippen LogP contribution in [-0.2, 0) is 9.53 Å². The Hall–Kier alpha value is -2.36. The van der Waals surface area contributed by atoms with E-state index in [1.54, 1.807) is 12.1 Å². The van der Waals surface area contributed by atoms with Gasteiger partial charge in [0.2, 0.25) is 5.91 Å². The highest BCUT2D eigenvalue weighted by molar-refractivity contribution is 5.94. The summed E-state index contributed by atoms with van der Waals surface area (Å²) in [6, 6.07) is 5.28. The lowest BCUT2D eigenvalue weighted by Gasteiger charge is -2.07. The van der Waals surface area contributed by atoms with Crippen LogP contribution in [0.5, 0.6) is 0 Å². The van der Waals surface area contributed by atoms with E-state index in [0.29, 0.717) is 12.1 Å². The van der Waals surface area contributed by atoms with Gasteiger partial charge in [-0.1, -0.05) is 17.9 Å². The molecule has 0 spiro atoms. The third kappa shape index (κ3) is 6.08. The fourth-order valence-corrected chi connectivity index (χ4v) is 1.56. The van der Waals surface area contributed by atoms with Crippen LogP contribution < -0.4 is 16.8 Å². The van der Waals surface area contributed by atoms with E-state index in [0.717, 1.165) is 11.1 Å². The molecule has 2 amide bonds. The summed E-state index contributed by atoms with van der Waals surface area (Å²) >= 11 is 0. The monoisotopic (exact) mass is 289 g/mol. The number of amides is 2. The molecule has 0 saturated heterocycles. The van der Waals surface area contributed by atoms with Gasteiger partial charge in [-0.25, -0.2) is 0 Å². The summed E-state index contributed by atoms with van der Waals surface area (Å²) in [4.78, 5) is 22.4. The van der Waals surface area contributed by atoms with E-state index in [2.05, 4.69) is 17.2 Å². The van der Waals surface area contributed by atoms with E-state index in [1.807, 2.05) is 13.0 Å². The van der Waals surface area contributed by atoms with Crippen LogP contribution in [0.3, 0.4) is 0 Å². The van der Waals surface area contributed by atoms with Crippen molar-refractivity contribution in [2.45, 2.75) is 6.92 Å². The van der Waals surface area contributed by atoms with Gasteiger partial charge in [0.05, 0.1) is 13.2 Å². The zero-order valence-corrected chi connectivity index (χ0v) is 11.9. The summed E-state index contributed by atoms with van der Waals surface area (Å²) in [5, 5.41) is 2.69. The number of hydrogen-bond acceptors (Lipinski definition) is 4. The first kappa shape index (κ1) is 16.7. The molecule has 0 aromatic heterocycles. The van der Waals surface area contributed by atoms with E-state index in [-0.39, 0.29) is 25.7 Å². The van der Waals surface area contributed by atoms with Gasteiger partial charge in [-0.15, -0.1) is 0 Å². The summed E-state index contributed by atoms with van der Waals surface area (Å²) in [6.07, 6.45) is 0. The van der Waals surface area contributed by atoms with Crippen LogP contribution in [0.4, 0.5) is 0 Å². The number of primary amides is 1. The minimum Gasteiger partial charge on any atom is -0.370 e. The van der Waals surface area contributed by atoms with Crippen molar-refractivity contribution in [3.63, 3.8) is 0 Å². The molecule has 1 aromatic rings. The number of carbonyl (C=O) groups is 2. The van der Waals surface area contributed by atoms with E-state index in [1.165, 1.54) is 0 Å². The lowest BCUT2D eigenvalue weighted by Crippen LogP contribution is -2.28. The summed E-state index contributed by atoms with van der Waals surface area (Å²) in [5.74, 6) is 4.92. The predicted molar refractivity (Wildman–Crippen MR) is 79.5 cm³/mol. The van der Waals surface area contributed by atoms with E-state index >= 15 is 0 Å². The molecule has 112 valence electrons. The number of ether oxygens (including phenoxy) is 1. The van der Waals surface area contributed by atoms with Crippen LogP contribution in [0, 0.1) is 18.8 Å². The zero-order chi connectivity index (χ0) is 15.7. The summed E-state index contributed by atoms with van der Waals surface area (Å²) in [7, 11) is 0. The maximum Gasteiger partial charge on any atom is 0.251 e. The Bertz CT molecular complexity index is 573. The van der Waals surface area contributed by atoms with Gasteiger partial charge >= 0.3 is 0 Å². The summed E-state index contributed by atoms with van der Waals surface area (Å²) < 4.78 is 4.95. The maximum atomic E-state index is 11.9. The van der Waals surface area contributed by atoms with Crippen molar-refractivity contribution in [1.29, 1.82) is 0 Å². The standard InChI is InChI=1S/C15H19N3O3/c1-11-4-5-13(9-12(11)3-2-6-16)15(20)18-7-8-21-10-14(17)19/h4-5,9H,6-8,10,16H2,1H3,(H2,17,19)(H,18,20). The van der Waals surface area contributed by atoms with Crippen molar-refractivity contribution in [3.05, 3.63) is 34.9 Å². The lowest BCUT2D eigenvalue weighted by molar-refractivity contribution is -0.122. The average Bonchev–Trinajstić information content (AvgIpc) is 2.45. The third-order valence-corrected chi connectivity index (χ3v) is 2.60. The highest BCUT2D eigenvalue weighted by Crippen LogP contribution is 2.10.